The fraction of sp³-hybridized carbons (Fsp3) is 0.148. The highest BCUT2D eigenvalue weighted by Crippen LogP contribution is 2.27. The van der Waals surface area contributed by atoms with Crippen LogP contribution in [0.3, 0.4) is 0 Å². The topological polar surface area (TPSA) is 84.9 Å². The standard InChI is InChI=1S/C27H26N2O5S/c1-33-24-11-7-10-23(19-24)29(35(31,32)26-12-3-2-4-13-26)20-27(30)28-16-17-34-25-15-14-21-8-5-6-9-22(21)18-25/h2-15,18-19H,16-17,20H2,1H3,(H,28,30). The zero-order valence-electron chi connectivity index (χ0n) is 19.3. The summed E-state index contributed by atoms with van der Waals surface area (Å²) in [4.78, 5) is 12.8. The first-order valence-corrected chi connectivity index (χ1v) is 12.5. The van der Waals surface area contributed by atoms with Gasteiger partial charge >= 0.3 is 0 Å². The lowest BCUT2D eigenvalue weighted by Gasteiger charge is -2.24. The van der Waals surface area contributed by atoms with Crippen molar-refractivity contribution in [3.8, 4) is 11.5 Å². The van der Waals surface area contributed by atoms with E-state index in [2.05, 4.69) is 5.32 Å². The first kappa shape index (κ1) is 24.1. The largest absolute Gasteiger partial charge is 0.497 e. The molecule has 1 amide bonds. The Labute approximate surface area is 205 Å². The molecular formula is C27H26N2O5S. The lowest BCUT2D eigenvalue weighted by Crippen LogP contribution is -2.41. The maximum atomic E-state index is 13.4. The van der Waals surface area contributed by atoms with E-state index in [-0.39, 0.29) is 24.6 Å². The van der Waals surface area contributed by atoms with Crippen molar-refractivity contribution >= 4 is 32.4 Å². The second kappa shape index (κ2) is 10.9. The zero-order valence-corrected chi connectivity index (χ0v) is 20.1. The molecule has 0 aromatic heterocycles. The molecule has 0 unspecified atom stereocenters. The number of fused-ring (bicyclic) bond motifs is 1. The van der Waals surface area contributed by atoms with E-state index in [0.717, 1.165) is 15.1 Å². The summed E-state index contributed by atoms with van der Waals surface area (Å²) in [7, 11) is -2.49. The molecule has 0 spiro atoms. The van der Waals surface area contributed by atoms with Crippen LogP contribution >= 0.6 is 0 Å². The third-order valence-electron chi connectivity index (χ3n) is 5.37. The molecule has 4 aromatic carbocycles. The minimum absolute atomic E-state index is 0.0928. The molecule has 4 rings (SSSR count). The van der Waals surface area contributed by atoms with Crippen molar-refractivity contribution in [1.29, 1.82) is 0 Å². The minimum atomic E-state index is -3.98. The van der Waals surface area contributed by atoms with E-state index in [1.54, 1.807) is 42.5 Å². The fourth-order valence-electron chi connectivity index (χ4n) is 3.60. The summed E-state index contributed by atoms with van der Waals surface area (Å²) >= 11 is 0. The normalized spacial score (nSPS) is 11.1. The third kappa shape index (κ3) is 5.91. The molecule has 0 saturated carbocycles. The smallest absolute Gasteiger partial charge is 0.264 e. The van der Waals surface area contributed by atoms with Gasteiger partial charge in [-0.05, 0) is 47.2 Å². The van der Waals surface area contributed by atoms with Crippen LogP contribution in [0.15, 0.2) is 102 Å². The quantitative estimate of drug-likeness (QED) is 0.336. The Hall–Kier alpha value is -4.04. The van der Waals surface area contributed by atoms with Crippen LogP contribution in [-0.4, -0.2) is 41.1 Å². The van der Waals surface area contributed by atoms with Crippen molar-refractivity contribution < 1.29 is 22.7 Å². The number of hydrogen-bond acceptors (Lipinski definition) is 5. The summed E-state index contributed by atoms with van der Waals surface area (Å²) in [5.74, 6) is 0.733. The molecule has 8 heteroatoms. The number of ether oxygens (including phenoxy) is 2. The highest BCUT2D eigenvalue weighted by Gasteiger charge is 2.27. The Kier molecular flexibility index (Phi) is 7.52. The van der Waals surface area contributed by atoms with Crippen LogP contribution in [0.1, 0.15) is 0 Å². The lowest BCUT2D eigenvalue weighted by molar-refractivity contribution is -0.119. The molecule has 0 radical (unpaired) electrons. The van der Waals surface area contributed by atoms with Crippen molar-refractivity contribution in [1.82, 2.24) is 5.32 Å². The first-order valence-electron chi connectivity index (χ1n) is 11.1. The second-order valence-corrected chi connectivity index (χ2v) is 9.60. The van der Waals surface area contributed by atoms with Crippen LogP contribution in [0.25, 0.3) is 10.8 Å². The van der Waals surface area contributed by atoms with Crippen LogP contribution in [0, 0.1) is 0 Å². The third-order valence-corrected chi connectivity index (χ3v) is 7.16. The van der Waals surface area contributed by atoms with E-state index in [1.807, 2.05) is 42.5 Å². The van der Waals surface area contributed by atoms with Crippen molar-refractivity contribution in [2.45, 2.75) is 4.90 Å². The molecule has 35 heavy (non-hydrogen) atoms. The van der Waals surface area contributed by atoms with E-state index in [4.69, 9.17) is 9.47 Å². The van der Waals surface area contributed by atoms with Gasteiger partial charge in [0.15, 0.2) is 0 Å². The van der Waals surface area contributed by atoms with Crippen molar-refractivity contribution in [3.05, 3.63) is 97.1 Å². The second-order valence-electron chi connectivity index (χ2n) is 7.73. The monoisotopic (exact) mass is 490 g/mol. The number of benzene rings is 4. The van der Waals surface area contributed by atoms with Crippen molar-refractivity contribution in [2.24, 2.45) is 0 Å². The number of nitrogens with zero attached hydrogens (tertiary/aromatic N) is 1. The summed E-state index contributed by atoms with van der Waals surface area (Å²) in [6, 6.07) is 28.4. The number of amides is 1. The average Bonchev–Trinajstić information content (AvgIpc) is 2.90. The Balaban J connectivity index is 1.42. The van der Waals surface area contributed by atoms with Gasteiger partial charge < -0.3 is 14.8 Å². The van der Waals surface area contributed by atoms with Gasteiger partial charge in [-0.1, -0.05) is 54.6 Å². The van der Waals surface area contributed by atoms with Gasteiger partial charge in [-0.15, -0.1) is 0 Å². The molecule has 0 fully saturated rings. The molecule has 0 atom stereocenters. The van der Waals surface area contributed by atoms with Crippen LogP contribution in [0.4, 0.5) is 5.69 Å². The number of hydrogen-bond donors (Lipinski definition) is 1. The molecule has 0 bridgehead atoms. The highest BCUT2D eigenvalue weighted by molar-refractivity contribution is 7.92. The average molecular weight is 491 g/mol. The molecule has 180 valence electrons. The Morgan fingerprint density at radius 1 is 0.829 bits per heavy atom. The molecule has 4 aromatic rings. The highest BCUT2D eigenvalue weighted by atomic mass is 32.2. The predicted octanol–water partition coefficient (Wildman–Crippen LogP) is 4.24. The van der Waals surface area contributed by atoms with Gasteiger partial charge in [0, 0.05) is 6.07 Å². The number of carbonyl (C=O) groups excluding carboxylic acids is 1. The maximum Gasteiger partial charge on any atom is 0.264 e. The van der Waals surface area contributed by atoms with Gasteiger partial charge in [-0.3, -0.25) is 9.10 Å². The number of nitrogens with one attached hydrogen (secondary N) is 1. The summed E-state index contributed by atoms with van der Waals surface area (Å²) in [6.07, 6.45) is 0. The van der Waals surface area contributed by atoms with Crippen LogP contribution in [0.2, 0.25) is 0 Å². The number of methoxy groups -OCH3 is 1. The first-order chi connectivity index (χ1) is 17.0. The summed E-state index contributed by atoms with van der Waals surface area (Å²) < 4.78 is 38.8. The number of sulfonamides is 1. The fourth-order valence-corrected chi connectivity index (χ4v) is 5.04. The van der Waals surface area contributed by atoms with Gasteiger partial charge in [0.2, 0.25) is 5.91 Å². The van der Waals surface area contributed by atoms with E-state index in [0.29, 0.717) is 17.2 Å². The van der Waals surface area contributed by atoms with E-state index in [1.165, 1.54) is 19.2 Å². The molecular weight excluding hydrogens is 464 g/mol. The van der Waals surface area contributed by atoms with Crippen LogP contribution < -0.4 is 19.1 Å². The summed E-state index contributed by atoms with van der Waals surface area (Å²) in [5, 5.41) is 4.92. The molecule has 1 N–H and O–H groups in total. The van der Waals surface area contributed by atoms with Crippen molar-refractivity contribution in [2.75, 3.05) is 31.1 Å². The predicted molar refractivity (Wildman–Crippen MR) is 136 cm³/mol. The Morgan fingerprint density at radius 3 is 2.34 bits per heavy atom. The molecule has 0 aliphatic heterocycles. The molecule has 0 aliphatic rings. The van der Waals surface area contributed by atoms with E-state index >= 15 is 0 Å². The van der Waals surface area contributed by atoms with Gasteiger partial charge in [0.1, 0.15) is 24.7 Å². The molecule has 7 nitrogen and oxygen atoms in total. The molecule has 0 saturated heterocycles. The van der Waals surface area contributed by atoms with Gasteiger partial charge in [-0.2, -0.15) is 0 Å². The SMILES string of the molecule is COc1cccc(N(CC(=O)NCCOc2ccc3ccccc3c2)S(=O)(=O)c2ccccc2)c1. The van der Waals surface area contributed by atoms with Crippen LogP contribution in [0.5, 0.6) is 11.5 Å². The van der Waals surface area contributed by atoms with E-state index < -0.39 is 15.9 Å². The van der Waals surface area contributed by atoms with Gasteiger partial charge in [-0.25, -0.2) is 8.42 Å². The van der Waals surface area contributed by atoms with Gasteiger partial charge in [0.05, 0.1) is 24.2 Å². The zero-order chi connectivity index (χ0) is 24.7. The van der Waals surface area contributed by atoms with E-state index in [9.17, 15) is 13.2 Å². The summed E-state index contributed by atoms with van der Waals surface area (Å²) in [5.41, 5.74) is 0.329. The van der Waals surface area contributed by atoms with Gasteiger partial charge in [0.25, 0.3) is 10.0 Å². The minimum Gasteiger partial charge on any atom is -0.497 e. The molecule has 0 heterocycles. The number of anilines is 1. The lowest BCUT2D eigenvalue weighted by atomic mass is 10.1. The number of rotatable bonds is 10. The maximum absolute atomic E-state index is 13.4. The molecule has 0 aliphatic carbocycles. The van der Waals surface area contributed by atoms with Crippen molar-refractivity contribution in [3.63, 3.8) is 0 Å². The number of carbonyl (C=O) groups is 1. The van der Waals surface area contributed by atoms with Crippen LogP contribution in [-0.2, 0) is 14.8 Å². The summed E-state index contributed by atoms with van der Waals surface area (Å²) in [6.45, 7) is 0.0814. The Morgan fingerprint density at radius 2 is 1.57 bits per heavy atom. The Bertz CT molecular complexity index is 1410.